The van der Waals surface area contributed by atoms with Crippen LogP contribution in [0, 0.1) is 6.92 Å². The van der Waals surface area contributed by atoms with Crippen molar-refractivity contribution < 1.29 is 14.3 Å². The summed E-state index contributed by atoms with van der Waals surface area (Å²) in [5, 5.41) is 0. The number of ether oxygens (including phenoxy) is 2. The largest absolute Gasteiger partial charge is 0.491 e. The number of benzene rings is 2. The zero-order chi connectivity index (χ0) is 24.0. The first-order chi connectivity index (χ1) is 15.8. The van der Waals surface area contributed by atoms with Crippen molar-refractivity contribution in [3.05, 3.63) is 86.2 Å². The second kappa shape index (κ2) is 10.6. The van der Waals surface area contributed by atoms with E-state index in [1.54, 1.807) is 24.3 Å². The zero-order valence-electron chi connectivity index (χ0n) is 19.2. The van der Waals surface area contributed by atoms with Gasteiger partial charge in [-0.05, 0) is 50.6 Å². The number of nitrogens with one attached hydrogen (secondary N) is 1. The van der Waals surface area contributed by atoms with Crippen molar-refractivity contribution in [2.24, 2.45) is 4.99 Å². The lowest BCUT2D eigenvalue weighted by Crippen LogP contribution is -2.50. The summed E-state index contributed by atoms with van der Waals surface area (Å²) in [6.45, 7) is 5.94. The van der Waals surface area contributed by atoms with Gasteiger partial charge in [-0.3, -0.25) is 14.3 Å². The summed E-state index contributed by atoms with van der Waals surface area (Å²) >= 11 is 0. The maximum Gasteiger partial charge on any atom is 0.335 e. The summed E-state index contributed by atoms with van der Waals surface area (Å²) in [6.07, 6.45) is -0.0592. The van der Waals surface area contributed by atoms with Gasteiger partial charge in [-0.15, -0.1) is 0 Å². The molecule has 0 unspecified atom stereocenters. The van der Waals surface area contributed by atoms with Gasteiger partial charge in [0, 0.05) is 6.54 Å². The molecule has 0 saturated heterocycles. The van der Waals surface area contributed by atoms with Crippen molar-refractivity contribution in [2.75, 3.05) is 7.11 Å². The summed E-state index contributed by atoms with van der Waals surface area (Å²) in [5.74, 6) is 0.187. The average molecular weight is 453 g/mol. The van der Waals surface area contributed by atoms with Crippen molar-refractivity contribution in [1.82, 2.24) is 14.1 Å². The van der Waals surface area contributed by atoms with E-state index in [-0.39, 0.29) is 31.2 Å². The number of carbonyl (C=O) groups excluding carboxylic acids is 1. The Balaban J connectivity index is 2.08. The predicted molar refractivity (Wildman–Crippen MR) is 124 cm³/mol. The monoisotopic (exact) mass is 452 g/mol. The van der Waals surface area contributed by atoms with Crippen molar-refractivity contribution in [3.8, 4) is 5.75 Å². The second-order valence-electron chi connectivity index (χ2n) is 7.86. The first-order valence-electron chi connectivity index (χ1n) is 10.6. The van der Waals surface area contributed by atoms with Crippen LogP contribution < -0.4 is 21.7 Å². The highest BCUT2D eigenvalue weighted by atomic mass is 16.5. The van der Waals surface area contributed by atoms with Crippen molar-refractivity contribution in [2.45, 2.75) is 46.4 Å². The fourth-order valence-electron chi connectivity index (χ4n) is 3.16. The predicted octanol–water partition coefficient (Wildman–Crippen LogP) is 2.28. The van der Waals surface area contributed by atoms with Gasteiger partial charge in [-0.2, -0.15) is 0 Å². The summed E-state index contributed by atoms with van der Waals surface area (Å²) in [6, 6.07) is 14.8. The summed E-state index contributed by atoms with van der Waals surface area (Å²) in [7, 11) is 1.26. The Hall–Kier alpha value is -3.88. The molecule has 1 heterocycles. The highest BCUT2D eigenvalue weighted by Crippen LogP contribution is 2.18. The molecule has 1 aromatic heterocycles. The third-order valence-corrected chi connectivity index (χ3v) is 4.85. The summed E-state index contributed by atoms with van der Waals surface area (Å²) in [5.41, 5.74) is 1.40. The van der Waals surface area contributed by atoms with Crippen LogP contribution in [0.4, 0.5) is 5.69 Å². The molecule has 0 aliphatic heterocycles. The zero-order valence-corrected chi connectivity index (χ0v) is 19.2. The van der Waals surface area contributed by atoms with Crippen LogP contribution in [-0.2, 0) is 22.6 Å². The Kier molecular flexibility index (Phi) is 7.66. The molecule has 0 saturated carbocycles. The minimum Gasteiger partial charge on any atom is -0.491 e. The molecule has 0 bridgehead atoms. The minimum absolute atomic E-state index is 0.0402. The average Bonchev–Trinajstić information content (AvgIpc) is 2.78. The maximum atomic E-state index is 13.2. The van der Waals surface area contributed by atoms with E-state index in [2.05, 4.69) is 14.7 Å². The number of rotatable bonds is 8. The molecule has 0 spiro atoms. The smallest absolute Gasteiger partial charge is 0.335 e. The van der Waals surface area contributed by atoms with Crippen LogP contribution in [0.5, 0.6) is 5.75 Å². The molecule has 0 amide bonds. The molecule has 9 nitrogen and oxygen atoms in total. The Labute approximate surface area is 191 Å². The number of aromatic nitrogens is 3. The lowest BCUT2D eigenvalue weighted by atomic mass is 10.1. The van der Waals surface area contributed by atoms with Gasteiger partial charge in [0.05, 0.1) is 31.9 Å². The number of aryl methyl sites for hydroxylation is 1. The second-order valence-corrected chi connectivity index (χ2v) is 7.86. The van der Waals surface area contributed by atoms with E-state index in [1.165, 1.54) is 11.7 Å². The van der Waals surface area contributed by atoms with E-state index in [0.29, 0.717) is 11.4 Å². The lowest BCUT2D eigenvalue weighted by Gasteiger charge is -2.11. The van der Waals surface area contributed by atoms with Crippen LogP contribution in [-0.4, -0.2) is 33.3 Å². The SMILES string of the molecule is COC(=O)CCn1c(=O)[nH]/c(=N\c2ccc(OC(C)C)cc2)n(Cc2ccc(C)cc2)c1=O. The van der Waals surface area contributed by atoms with Gasteiger partial charge in [-0.25, -0.2) is 19.1 Å². The number of esters is 1. The normalized spacial score (nSPS) is 11.6. The van der Waals surface area contributed by atoms with Crippen molar-refractivity contribution in [3.63, 3.8) is 0 Å². The molecule has 2 aromatic carbocycles. The van der Waals surface area contributed by atoms with E-state index in [1.807, 2.05) is 45.0 Å². The maximum absolute atomic E-state index is 13.2. The molecule has 0 aliphatic rings. The van der Waals surface area contributed by atoms with E-state index in [9.17, 15) is 14.4 Å². The number of carbonyl (C=O) groups is 1. The van der Waals surface area contributed by atoms with E-state index in [4.69, 9.17) is 4.74 Å². The summed E-state index contributed by atoms with van der Waals surface area (Å²) in [4.78, 5) is 44.6. The number of hydrogen-bond donors (Lipinski definition) is 1. The van der Waals surface area contributed by atoms with Crippen molar-refractivity contribution >= 4 is 11.7 Å². The Morgan fingerprint density at radius 3 is 2.30 bits per heavy atom. The Bertz CT molecular complexity index is 1280. The Morgan fingerprint density at radius 2 is 1.70 bits per heavy atom. The van der Waals surface area contributed by atoms with E-state index < -0.39 is 17.3 Å². The number of hydrogen-bond acceptors (Lipinski definition) is 6. The standard InChI is InChI=1S/C24H28N4O5/c1-16(2)33-20-11-9-19(10-12-20)25-22-26-23(30)27(14-13-21(29)32-4)24(31)28(22)15-18-7-5-17(3)6-8-18/h5-12,16H,13-15H2,1-4H3,(H,25,26,30). The molecule has 9 heteroatoms. The van der Waals surface area contributed by atoms with E-state index >= 15 is 0 Å². The number of methoxy groups -OCH3 is 1. The van der Waals surface area contributed by atoms with Crippen LogP contribution in [0.1, 0.15) is 31.4 Å². The van der Waals surface area contributed by atoms with E-state index in [0.717, 1.165) is 15.7 Å². The quantitative estimate of drug-likeness (QED) is 0.528. The topological polar surface area (TPSA) is 108 Å². The fourth-order valence-corrected chi connectivity index (χ4v) is 3.16. The van der Waals surface area contributed by atoms with Gasteiger partial charge in [-0.1, -0.05) is 29.8 Å². The lowest BCUT2D eigenvalue weighted by molar-refractivity contribution is -0.140. The third-order valence-electron chi connectivity index (χ3n) is 4.85. The molecule has 1 N–H and O–H groups in total. The number of aromatic amines is 1. The van der Waals surface area contributed by atoms with Gasteiger partial charge < -0.3 is 9.47 Å². The van der Waals surface area contributed by atoms with Crippen LogP contribution in [0.15, 0.2) is 63.1 Å². The molecule has 0 fully saturated rings. The molecule has 174 valence electrons. The van der Waals surface area contributed by atoms with Gasteiger partial charge in [0.15, 0.2) is 0 Å². The first-order valence-corrected chi connectivity index (χ1v) is 10.6. The fraction of sp³-hybridized carbons (Fsp3) is 0.333. The first kappa shape index (κ1) is 23.8. The molecular formula is C24H28N4O5. The van der Waals surface area contributed by atoms with Crippen LogP contribution in [0.3, 0.4) is 0 Å². The Morgan fingerprint density at radius 1 is 1.03 bits per heavy atom. The van der Waals surface area contributed by atoms with Crippen LogP contribution in [0.25, 0.3) is 0 Å². The number of H-pyrrole nitrogens is 1. The molecule has 0 aliphatic carbocycles. The molecule has 3 rings (SSSR count). The van der Waals surface area contributed by atoms with Gasteiger partial charge in [0.25, 0.3) is 0 Å². The molecule has 0 atom stereocenters. The highest BCUT2D eigenvalue weighted by molar-refractivity contribution is 5.68. The van der Waals surface area contributed by atoms with Gasteiger partial charge in [0.2, 0.25) is 5.62 Å². The van der Waals surface area contributed by atoms with Gasteiger partial charge >= 0.3 is 17.3 Å². The molecule has 0 radical (unpaired) electrons. The molecule has 33 heavy (non-hydrogen) atoms. The van der Waals surface area contributed by atoms with Crippen molar-refractivity contribution in [1.29, 1.82) is 0 Å². The molecule has 3 aromatic rings. The molecular weight excluding hydrogens is 424 g/mol. The van der Waals surface area contributed by atoms with Crippen LogP contribution in [0.2, 0.25) is 0 Å². The van der Waals surface area contributed by atoms with Crippen LogP contribution >= 0.6 is 0 Å². The minimum atomic E-state index is -0.650. The third kappa shape index (κ3) is 6.31. The highest BCUT2D eigenvalue weighted by Gasteiger charge is 2.12. The number of nitrogens with zero attached hydrogens (tertiary/aromatic N) is 3. The van der Waals surface area contributed by atoms with Gasteiger partial charge in [0.1, 0.15) is 5.75 Å². The summed E-state index contributed by atoms with van der Waals surface area (Å²) < 4.78 is 12.6.